The van der Waals surface area contributed by atoms with E-state index in [1.807, 2.05) is 0 Å². The van der Waals surface area contributed by atoms with Gasteiger partial charge in [-0.1, -0.05) is 6.42 Å². The van der Waals surface area contributed by atoms with Crippen LogP contribution in [0, 0.1) is 0 Å². The first kappa shape index (κ1) is 18.6. The molecule has 0 bridgehead atoms. The number of esters is 2. The highest BCUT2D eigenvalue weighted by molar-refractivity contribution is 5.79. The van der Waals surface area contributed by atoms with Crippen molar-refractivity contribution in [2.45, 2.75) is 65.2 Å². The van der Waals surface area contributed by atoms with Crippen LogP contribution in [0.4, 0.5) is 0 Å². The number of hydrogen-bond acceptors (Lipinski definition) is 5. The highest BCUT2D eigenvalue weighted by Gasteiger charge is 2.06. The maximum Gasteiger partial charge on any atom is 0.305 e. The second-order valence-corrected chi connectivity index (χ2v) is 4.56. The Morgan fingerprint density at radius 1 is 0.650 bits per heavy atom. The van der Waals surface area contributed by atoms with E-state index in [9.17, 15) is 14.4 Å². The lowest BCUT2D eigenvalue weighted by molar-refractivity contribution is -0.144. The zero-order chi connectivity index (χ0) is 15.2. The van der Waals surface area contributed by atoms with Crippen molar-refractivity contribution >= 4 is 17.7 Å². The normalized spacial score (nSPS) is 10.1. The highest BCUT2D eigenvalue weighted by Crippen LogP contribution is 2.08. The van der Waals surface area contributed by atoms with E-state index in [1.54, 1.807) is 13.8 Å². The van der Waals surface area contributed by atoms with E-state index in [0.717, 1.165) is 19.3 Å². The van der Waals surface area contributed by atoms with E-state index < -0.39 is 0 Å². The summed E-state index contributed by atoms with van der Waals surface area (Å²) in [5.74, 6) is -0.242. The molecule has 0 rings (SSSR count). The predicted octanol–water partition coefficient (Wildman–Crippen LogP) is 2.80. The number of hydrogen-bond donors (Lipinski definition) is 0. The molecule has 0 aromatic rings. The van der Waals surface area contributed by atoms with Crippen molar-refractivity contribution in [2.75, 3.05) is 13.2 Å². The molecule has 0 saturated heterocycles. The summed E-state index contributed by atoms with van der Waals surface area (Å²) in [7, 11) is 0. The van der Waals surface area contributed by atoms with Crippen LogP contribution in [0.1, 0.15) is 65.2 Å². The largest absolute Gasteiger partial charge is 0.466 e. The van der Waals surface area contributed by atoms with Gasteiger partial charge in [0.1, 0.15) is 5.78 Å². The van der Waals surface area contributed by atoms with Crippen molar-refractivity contribution in [2.24, 2.45) is 0 Å². The standard InChI is InChI=1S/C15H26O5/c1-3-19-14(17)11-7-5-6-9-13(16)10-8-12-15(18)20-4-2/h3-12H2,1-2H3. The van der Waals surface area contributed by atoms with Crippen molar-refractivity contribution in [3.63, 3.8) is 0 Å². The van der Waals surface area contributed by atoms with Gasteiger partial charge in [0.15, 0.2) is 0 Å². The first-order valence-corrected chi connectivity index (χ1v) is 7.43. The molecule has 0 spiro atoms. The van der Waals surface area contributed by atoms with Crippen molar-refractivity contribution in [3.8, 4) is 0 Å². The molecule has 116 valence electrons. The molecule has 0 aliphatic heterocycles. The van der Waals surface area contributed by atoms with Crippen LogP contribution in [0.2, 0.25) is 0 Å². The minimum absolute atomic E-state index is 0.172. The van der Waals surface area contributed by atoms with E-state index in [2.05, 4.69) is 0 Å². The monoisotopic (exact) mass is 286 g/mol. The van der Waals surface area contributed by atoms with E-state index >= 15 is 0 Å². The van der Waals surface area contributed by atoms with Crippen molar-refractivity contribution in [3.05, 3.63) is 0 Å². The van der Waals surface area contributed by atoms with E-state index in [-0.39, 0.29) is 17.7 Å². The Kier molecular flexibility index (Phi) is 11.8. The van der Waals surface area contributed by atoms with Gasteiger partial charge in [-0.05, 0) is 33.1 Å². The van der Waals surface area contributed by atoms with Gasteiger partial charge >= 0.3 is 11.9 Å². The number of Topliss-reactive ketones (excluding diaryl/α,β-unsaturated/α-hetero) is 1. The maximum absolute atomic E-state index is 11.5. The maximum atomic E-state index is 11.5. The van der Waals surface area contributed by atoms with Crippen molar-refractivity contribution in [1.29, 1.82) is 0 Å². The zero-order valence-corrected chi connectivity index (χ0v) is 12.6. The van der Waals surface area contributed by atoms with Gasteiger partial charge in [0.05, 0.1) is 13.2 Å². The van der Waals surface area contributed by atoms with Crippen LogP contribution < -0.4 is 0 Å². The summed E-state index contributed by atoms with van der Waals surface area (Å²) in [5, 5.41) is 0. The molecule has 0 saturated carbocycles. The minimum atomic E-state index is -0.241. The molecule has 0 aliphatic rings. The smallest absolute Gasteiger partial charge is 0.305 e. The number of carbonyl (C=O) groups excluding carboxylic acids is 3. The van der Waals surface area contributed by atoms with Gasteiger partial charge in [-0.25, -0.2) is 0 Å². The van der Waals surface area contributed by atoms with Crippen LogP contribution in [-0.4, -0.2) is 30.9 Å². The fraction of sp³-hybridized carbons (Fsp3) is 0.800. The van der Waals surface area contributed by atoms with Gasteiger partial charge in [-0.15, -0.1) is 0 Å². The third kappa shape index (κ3) is 11.7. The molecule has 0 aliphatic carbocycles. The molecule has 5 heteroatoms. The number of ketones is 1. The number of rotatable bonds is 12. The molecule has 0 atom stereocenters. The second-order valence-electron chi connectivity index (χ2n) is 4.56. The molecule has 0 fully saturated rings. The molecule has 0 N–H and O–H groups in total. The lowest BCUT2D eigenvalue weighted by Gasteiger charge is -2.03. The Labute approximate surface area is 121 Å². The molecule has 0 amide bonds. The molecule has 20 heavy (non-hydrogen) atoms. The molecule has 0 radical (unpaired) electrons. The summed E-state index contributed by atoms with van der Waals surface area (Å²) < 4.78 is 9.60. The second kappa shape index (κ2) is 12.6. The summed E-state index contributed by atoms with van der Waals surface area (Å²) in [6.07, 6.45) is 4.63. The third-order valence-electron chi connectivity index (χ3n) is 2.78. The minimum Gasteiger partial charge on any atom is -0.466 e. The van der Waals surface area contributed by atoms with Crippen LogP contribution in [0.5, 0.6) is 0 Å². The Balaban J connectivity index is 3.41. The fourth-order valence-corrected chi connectivity index (χ4v) is 1.79. The highest BCUT2D eigenvalue weighted by atomic mass is 16.5. The number of unbranched alkanes of at least 4 members (excludes halogenated alkanes) is 2. The molecule has 0 unspecified atom stereocenters. The van der Waals surface area contributed by atoms with E-state index in [4.69, 9.17) is 9.47 Å². The van der Waals surface area contributed by atoms with E-state index in [0.29, 0.717) is 45.3 Å². The van der Waals surface area contributed by atoms with Gasteiger partial charge in [0, 0.05) is 25.7 Å². The molecular formula is C15H26O5. The molecular weight excluding hydrogens is 260 g/mol. The average Bonchev–Trinajstić information content (AvgIpc) is 2.39. The summed E-state index contributed by atoms with van der Waals surface area (Å²) in [4.78, 5) is 33.7. The van der Waals surface area contributed by atoms with Crippen LogP contribution in [0.3, 0.4) is 0 Å². The Morgan fingerprint density at radius 3 is 1.65 bits per heavy atom. The molecule has 0 heterocycles. The van der Waals surface area contributed by atoms with Gasteiger partial charge in [0.25, 0.3) is 0 Å². The topological polar surface area (TPSA) is 69.7 Å². The lowest BCUT2D eigenvalue weighted by atomic mass is 10.1. The van der Waals surface area contributed by atoms with Gasteiger partial charge in [-0.2, -0.15) is 0 Å². The Bertz CT molecular complexity index is 299. The van der Waals surface area contributed by atoms with Crippen LogP contribution in [0.15, 0.2) is 0 Å². The molecule has 0 aromatic carbocycles. The van der Waals surface area contributed by atoms with Gasteiger partial charge in [0.2, 0.25) is 0 Å². The van der Waals surface area contributed by atoms with Crippen molar-refractivity contribution < 1.29 is 23.9 Å². The zero-order valence-electron chi connectivity index (χ0n) is 12.6. The summed E-state index contributed by atoms with van der Waals surface area (Å²) in [6.45, 7) is 4.34. The van der Waals surface area contributed by atoms with Gasteiger partial charge in [-0.3, -0.25) is 14.4 Å². The number of carbonyl (C=O) groups is 3. The Morgan fingerprint density at radius 2 is 1.10 bits per heavy atom. The first-order chi connectivity index (χ1) is 9.60. The van der Waals surface area contributed by atoms with Gasteiger partial charge < -0.3 is 9.47 Å². The lowest BCUT2D eigenvalue weighted by Crippen LogP contribution is -2.06. The average molecular weight is 286 g/mol. The van der Waals surface area contributed by atoms with Crippen LogP contribution in [-0.2, 0) is 23.9 Å². The molecule has 0 aromatic heterocycles. The summed E-state index contributed by atoms with van der Waals surface area (Å²) >= 11 is 0. The third-order valence-corrected chi connectivity index (χ3v) is 2.78. The van der Waals surface area contributed by atoms with E-state index in [1.165, 1.54) is 0 Å². The van der Waals surface area contributed by atoms with Crippen LogP contribution >= 0.6 is 0 Å². The first-order valence-electron chi connectivity index (χ1n) is 7.43. The number of ether oxygens (including phenoxy) is 2. The predicted molar refractivity (Wildman–Crippen MR) is 75.2 cm³/mol. The quantitative estimate of drug-likeness (QED) is 0.407. The summed E-state index contributed by atoms with van der Waals surface area (Å²) in [5.41, 5.74) is 0. The fourth-order valence-electron chi connectivity index (χ4n) is 1.79. The van der Waals surface area contributed by atoms with Crippen LogP contribution in [0.25, 0.3) is 0 Å². The van der Waals surface area contributed by atoms with Crippen molar-refractivity contribution in [1.82, 2.24) is 0 Å². The molecule has 5 nitrogen and oxygen atoms in total. The SMILES string of the molecule is CCOC(=O)CCCCCC(=O)CCCC(=O)OCC. The Hall–Kier alpha value is -1.39. The summed E-state index contributed by atoms with van der Waals surface area (Å²) in [6, 6.07) is 0.